The zero-order valence-corrected chi connectivity index (χ0v) is 15.9. The molecule has 0 bridgehead atoms. The van der Waals surface area contributed by atoms with Crippen LogP contribution < -0.4 is 11.1 Å². The molecule has 2 aromatic rings. The molecule has 0 aromatic heterocycles. The van der Waals surface area contributed by atoms with Crippen molar-refractivity contribution in [3.05, 3.63) is 75.4 Å². The summed E-state index contributed by atoms with van der Waals surface area (Å²) < 4.78 is 39.0. The smallest absolute Gasteiger partial charge is 0.358 e. The summed E-state index contributed by atoms with van der Waals surface area (Å²) in [5.74, 6) is -0.182. The summed E-state index contributed by atoms with van der Waals surface area (Å²) >= 11 is 6.24. The van der Waals surface area contributed by atoms with Gasteiger partial charge in [0.25, 0.3) is 0 Å². The minimum atomic E-state index is -4.47. The Bertz CT molecular complexity index is 1020. The van der Waals surface area contributed by atoms with Crippen molar-refractivity contribution in [2.45, 2.75) is 31.5 Å². The first-order valence-corrected chi connectivity index (χ1v) is 9.24. The highest BCUT2D eigenvalue weighted by Gasteiger charge is 2.31. The van der Waals surface area contributed by atoms with E-state index in [9.17, 15) is 18.0 Å². The van der Waals surface area contributed by atoms with Crippen LogP contribution in [0.5, 0.6) is 0 Å². The molecule has 1 aliphatic carbocycles. The molecule has 8 heteroatoms. The van der Waals surface area contributed by atoms with E-state index in [-0.39, 0.29) is 16.5 Å². The van der Waals surface area contributed by atoms with Gasteiger partial charge in [0.05, 0.1) is 23.2 Å². The Labute approximate surface area is 170 Å². The van der Waals surface area contributed by atoms with Crippen LogP contribution in [0.15, 0.2) is 53.7 Å². The van der Waals surface area contributed by atoms with Gasteiger partial charge in [0.2, 0.25) is 0 Å². The number of hydrogen-bond acceptors (Lipinski definition) is 4. The number of rotatable bonds is 4. The summed E-state index contributed by atoms with van der Waals surface area (Å²) in [5.41, 5.74) is 7.37. The maximum Gasteiger partial charge on any atom is 0.416 e. The second-order valence-corrected chi connectivity index (χ2v) is 7.11. The van der Waals surface area contributed by atoms with Gasteiger partial charge in [0, 0.05) is 28.4 Å². The van der Waals surface area contributed by atoms with Crippen LogP contribution in [0.25, 0.3) is 0 Å². The van der Waals surface area contributed by atoms with Crippen molar-refractivity contribution in [1.82, 2.24) is 0 Å². The molecule has 3 rings (SSSR count). The van der Waals surface area contributed by atoms with Gasteiger partial charge >= 0.3 is 6.18 Å². The second-order valence-electron chi connectivity index (χ2n) is 6.70. The van der Waals surface area contributed by atoms with Crippen LogP contribution in [-0.4, -0.2) is 5.78 Å². The maximum absolute atomic E-state index is 13.0. The lowest BCUT2D eigenvalue weighted by molar-refractivity contribution is -0.137. The fourth-order valence-electron chi connectivity index (χ4n) is 3.31. The van der Waals surface area contributed by atoms with Crippen LogP contribution in [0.3, 0.4) is 0 Å². The number of carbonyl (C=O) groups excluding carboxylic acids is 1. The molecule has 0 heterocycles. The van der Waals surface area contributed by atoms with E-state index >= 15 is 0 Å². The Kier molecular flexibility index (Phi) is 5.96. The first-order valence-electron chi connectivity index (χ1n) is 8.86. The summed E-state index contributed by atoms with van der Waals surface area (Å²) in [6.45, 7) is 0. The third kappa shape index (κ3) is 4.61. The van der Waals surface area contributed by atoms with Crippen LogP contribution >= 0.6 is 11.6 Å². The molecule has 29 heavy (non-hydrogen) atoms. The van der Waals surface area contributed by atoms with Crippen molar-refractivity contribution in [3.63, 3.8) is 0 Å². The predicted octanol–water partition coefficient (Wildman–Crippen LogP) is 5.35. The highest BCUT2D eigenvalue weighted by molar-refractivity contribution is 6.31. The molecule has 2 aromatic carbocycles. The van der Waals surface area contributed by atoms with Crippen molar-refractivity contribution >= 4 is 23.1 Å². The number of anilines is 1. The Morgan fingerprint density at radius 3 is 2.59 bits per heavy atom. The Hall–Kier alpha value is -2.82. The van der Waals surface area contributed by atoms with Crippen molar-refractivity contribution in [2.24, 2.45) is 5.73 Å². The van der Waals surface area contributed by atoms with E-state index < -0.39 is 17.8 Å². The summed E-state index contributed by atoms with van der Waals surface area (Å²) in [5, 5.41) is 12.2. The van der Waals surface area contributed by atoms with Gasteiger partial charge in [-0.3, -0.25) is 4.79 Å². The molecule has 0 saturated heterocycles. The maximum atomic E-state index is 13.0. The average molecular weight is 420 g/mol. The van der Waals surface area contributed by atoms with Crippen LogP contribution in [0.4, 0.5) is 18.9 Å². The summed E-state index contributed by atoms with van der Waals surface area (Å²) in [7, 11) is 0. The van der Waals surface area contributed by atoms with Gasteiger partial charge in [-0.05, 0) is 48.7 Å². The van der Waals surface area contributed by atoms with E-state index in [4.69, 9.17) is 22.6 Å². The van der Waals surface area contributed by atoms with Gasteiger partial charge < -0.3 is 11.1 Å². The molecule has 0 aliphatic heterocycles. The van der Waals surface area contributed by atoms with Crippen LogP contribution in [0.1, 0.15) is 42.0 Å². The predicted molar refractivity (Wildman–Crippen MR) is 104 cm³/mol. The van der Waals surface area contributed by atoms with Crippen molar-refractivity contribution < 1.29 is 18.0 Å². The normalized spacial score (nSPS) is 15.8. The third-order valence-electron chi connectivity index (χ3n) is 4.72. The van der Waals surface area contributed by atoms with Crippen LogP contribution in [-0.2, 0) is 11.0 Å². The SMILES string of the molecule is N#Cc1ccc(C(N)C2=C(Nc3cccc(C(F)(F)F)c3)CCCC2=O)c(Cl)c1. The number of nitrogens with two attached hydrogens (primary N) is 1. The van der Waals surface area contributed by atoms with Crippen LogP contribution in [0.2, 0.25) is 5.02 Å². The number of nitrogens with one attached hydrogen (secondary N) is 1. The molecule has 1 aliphatic rings. The molecular formula is C21H17ClF3N3O. The molecule has 3 N–H and O–H groups in total. The lowest BCUT2D eigenvalue weighted by Crippen LogP contribution is -2.26. The zero-order valence-electron chi connectivity index (χ0n) is 15.2. The lowest BCUT2D eigenvalue weighted by atomic mass is 9.86. The van der Waals surface area contributed by atoms with Crippen molar-refractivity contribution in [1.29, 1.82) is 5.26 Å². The number of Topliss-reactive ketones (excluding diaryl/α,β-unsaturated/α-hetero) is 1. The summed E-state index contributed by atoms with van der Waals surface area (Å²) in [6, 6.07) is 10.5. The third-order valence-corrected chi connectivity index (χ3v) is 5.04. The van der Waals surface area contributed by atoms with E-state index in [0.29, 0.717) is 41.7 Å². The molecule has 1 atom stereocenters. The van der Waals surface area contributed by atoms with Gasteiger partial charge in [-0.25, -0.2) is 0 Å². The molecule has 4 nitrogen and oxygen atoms in total. The number of benzene rings is 2. The Morgan fingerprint density at radius 1 is 1.17 bits per heavy atom. The molecule has 150 valence electrons. The highest BCUT2D eigenvalue weighted by atomic mass is 35.5. The largest absolute Gasteiger partial charge is 0.416 e. The number of nitrogens with zero attached hydrogens (tertiary/aromatic N) is 1. The molecule has 1 unspecified atom stereocenters. The first-order chi connectivity index (χ1) is 13.7. The van der Waals surface area contributed by atoms with E-state index in [1.807, 2.05) is 6.07 Å². The molecular weight excluding hydrogens is 403 g/mol. The zero-order chi connectivity index (χ0) is 21.2. The van der Waals surface area contributed by atoms with E-state index in [2.05, 4.69) is 5.32 Å². The topological polar surface area (TPSA) is 78.9 Å². The molecule has 0 fully saturated rings. The number of nitriles is 1. The second kappa shape index (κ2) is 8.27. The van der Waals surface area contributed by atoms with E-state index in [0.717, 1.165) is 12.1 Å². The van der Waals surface area contributed by atoms with Gasteiger partial charge in [0.15, 0.2) is 5.78 Å². The molecule has 0 radical (unpaired) electrons. The number of carbonyl (C=O) groups is 1. The standard InChI is InChI=1S/C21H17ClF3N3O/c22-16-9-12(11-26)7-8-15(16)20(27)19-17(5-2-6-18(19)29)28-14-4-1-3-13(10-14)21(23,24)25/h1,3-4,7-10,20,28H,2,5-6,27H2. The van der Waals surface area contributed by atoms with Crippen molar-refractivity contribution in [2.75, 3.05) is 5.32 Å². The minimum Gasteiger partial charge on any atom is -0.358 e. The fourth-order valence-corrected chi connectivity index (χ4v) is 3.60. The van der Waals surface area contributed by atoms with Gasteiger partial charge in [-0.2, -0.15) is 18.4 Å². The minimum absolute atomic E-state index is 0.182. The van der Waals surface area contributed by atoms with Gasteiger partial charge in [-0.15, -0.1) is 0 Å². The number of hydrogen-bond donors (Lipinski definition) is 2. The molecule has 0 amide bonds. The fraction of sp³-hybridized carbons (Fsp3) is 0.238. The molecule has 0 spiro atoms. The van der Waals surface area contributed by atoms with Gasteiger partial charge in [-0.1, -0.05) is 23.7 Å². The van der Waals surface area contributed by atoms with E-state index in [1.165, 1.54) is 18.2 Å². The first kappa shape index (κ1) is 20.9. The average Bonchev–Trinajstić information content (AvgIpc) is 2.67. The van der Waals surface area contributed by atoms with Crippen LogP contribution in [0, 0.1) is 11.3 Å². The quantitative estimate of drug-likeness (QED) is 0.700. The summed E-state index contributed by atoms with van der Waals surface area (Å²) in [6.07, 6.45) is -3.13. The number of halogens is 4. The number of allylic oxidation sites excluding steroid dienone is 1. The van der Waals surface area contributed by atoms with Gasteiger partial charge in [0.1, 0.15) is 0 Å². The van der Waals surface area contributed by atoms with E-state index in [1.54, 1.807) is 12.1 Å². The Balaban J connectivity index is 2.00. The summed E-state index contributed by atoms with van der Waals surface area (Å²) in [4.78, 5) is 12.6. The highest BCUT2D eigenvalue weighted by Crippen LogP contribution is 2.36. The van der Waals surface area contributed by atoms with Crippen molar-refractivity contribution in [3.8, 4) is 6.07 Å². The lowest BCUT2D eigenvalue weighted by Gasteiger charge is -2.26. The number of alkyl halides is 3. The Morgan fingerprint density at radius 2 is 1.93 bits per heavy atom. The molecule has 0 saturated carbocycles. The monoisotopic (exact) mass is 419 g/mol. The number of ketones is 1.